The van der Waals surface area contributed by atoms with Crippen molar-refractivity contribution in [2.45, 2.75) is 45.4 Å². The van der Waals surface area contributed by atoms with Crippen molar-refractivity contribution < 1.29 is 14.0 Å². The average Bonchev–Trinajstić information content (AvgIpc) is 3.10. The van der Waals surface area contributed by atoms with E-state index < -0.39 is 6.10 Å². The Morgan fingerprint density at radius 1 is 1.31 bits per heavy atom. The van der Waals surface area contributed by atoms with Gasteiger partial charge < -0.3 is 19.3 Å². The number of nitriles is 1. The molecular formula is C19H24N4O3. The first-order valence-electron chi connectivity index (χ1n) is 8.92. The van der Waals surface area contributed by atoms with Gasteiger partial charge in [-0.1, -0.05) is 17.3 Å². The number of rotatable bonds is 7. The maximum Gasteiger partial charge on any atom is 0.244 e. The van der Waals surface area contributed by atoms with Gasteiger partial charge in [0, 0.05) is 19.8 Å². The predicted octanol–water partition coefficient (Wildman–Crippen LogP) is 2.93. The fourth-order valence-electron chi connectivity index (χ4n) is 3.09. The summed E-state index contributed by atoms with van der Waals surface area (Å²) in [5.74, 6) is 2.38. The van der Waals surface area contributed by atoms with Gasteiger partial charge in [0.2, 0.25) is 5.89 Å². The fourth-order valence-corrected chi connectivity index (χ4v) is 3.09. The van der Waals surface area contributed by atoms with Gasteiger partial charge in [0.15, 0.2) is 11.9 Å². The highest BCUT2D eigenvalue weighted by Gasteiger charge is 2.29. The van der Waals surface area contributed by atoms with Crippen LogP contribution in [0.5, 0.6) is 5.75 Å². The van der Waals surface area contributed by atoms with Crippen LogP contribution in [-0.2, 0) is 11.3 Å². The van der Waals surface area contributed by atoms with Crippen molar-refractivity contribution in [3.63, 3.8) is 0 Å². The highest BCUT2D eigenvalue weighted by Crippen LogP contribution is 2.29. The summed E-state index contributed by atoms with van der Waals surface area (Å²) in [6.45, 7) is 5.75. The van der Waals surface area contributed by atoms with Crippen LogP contribution in [0.15, 0.2) is 28.8 Å². The molecule has 0 spiro atoms. The van der Waals surface area contributed by atoms with Crippen LogP contribution < -0.4 is 10.1 Å². The molecule has 3 rings (SSSR count). The number of aryl methyl sites for hydroxylation is 1. The van der Waals surface area contributed by atoms with Crippen molar-refractivity contribution in [3.8, 4) is 11.8 Å². The molecule has 0 amide bonds. The number of nitrogens with zero attached hydrogens (tertiary/aromatic N) is 3. The van der Waals surface area contributed by atoms with Gasteiger partial charge in [-0.25, -0.2) is 0 Å². The Morgan fingerprint density at radius 3 is 2.65 bits per heavy atom. The van der Waals surface area contributed by atoms with Crippen LogP contribution in [0, 0.1) is 24.2 Å². The maximum atomic E-state index is 8.82. The molecule has 1 aromatic heterocycles. The average molecular weight is 356 g/mol. The summed E-state index contributed by atoms with van der Waals surface area (Å²) in [5.41, 5.74) is 1.12. The minimum atomic E-state index is -0.461. The molecule has 1 aliphatic heterocycles. The Balaban J connectivity index is 1.64. The molecular weight excluding hydrogens is 332 g/mol. The molecule has 7 heteroatoms. The molecule has 26 heavy (non-hydrogen) atoms. The van der Waals surface area contributed by atoms with Crippen LogP contribution in [-0.4, -0.2) is 29.5 Å². The molecule has 138 valence electrons. The van der Waals surface area contributed by atoms with Crippen molar-refractivity contribution in [2.75, 3.05) is 13.2 Å². The van der Waals surface area contributed by atoms with E-state index in [2.05, 4.69) is 21.5 Å². The number of nitrogens with one attached hydrogen (secondary N) is 1. The highest BCUT2D eigenvalue weighted by atomic mass is 16.5. The Hall–Kier alpha value is -2.43. The van der Waals surface area contributed by atoms with Gasteiger partial charge in [-0.15, -0.1) is 0 Å². The summed E-state index contributed by atoms with van der Waals surface area (Å²) in [5, 5.41) is 16.3. The summed E-state index contributed by atoms with van der Waals surface area (Å²) in [6, 6.07) is 9.81. The molecule has 1 N–H and O–H groups in total. The lowest BCUT2D eigenvalue weighted by Gasteiger charge is -2.28. The second-order valence-electron chi connectivity index (χ2n) is 6.52. The lowest BCUT2D eigenvalue weighted by Crippen LogP contribution is -2.32. The van der Waals surface area contributed by atoms with Gasteiger partial charge in [-0.2, -0.15) is 10.2 Å². The number of aromatic nitrogens is 2. The first kappa shape index (κ1) is 18.4. The molecule has 1 aromatic carbocycles. The molecule has 2 unspecified atom stereocenters. The molecule has 0 saturated carbocycles. The molecule has 2 aromatic rings. The predicted molar refractivity (Wildman–Crippen MR) is 94.3 cm³/mol. The van der Waals surface area contributed by atoms with Gasteiger partial charge in [-0.05, 0) is 50.3 Å². The topological polar surface area (TPSA) is 93.2 Å². The first-order valence-corrected chi connectivity index (χ1v) is 8.92. The van der Waals surface area contributed by atoms with E-state index in [1.807, 2.05) is 31.2 Å². The van der Waals surface area contributed by atoms with E-state index in [1.54, 1.807) is 6.92 Å². The third-order valence-electron chi connectivity index (χ3n) is 4.49. The van der Waals surface area contributed by atoms with E-state index >= 15 is 0 Å². The summed E-state index contributed by atoms with van der Waals surface area (Å²) in [7, 11) is 0. The van der Waals surface area contributed by atoms with Crippen LogP contribution in [0.4, 0.5) is 0 Å². The molecule has 1 saturated heterocycles. The number of ether oxygens (including phenoxy) is 2. The Bertz CT molecular complexity index is 732. The van der Waals surface area contributed by atoms with Crippen molar-refractivity contribution in [1.82, 2.24) is 15.5 Å². The SMILES string of the molecule is Cc1noc(C(NCc2ccc(OC(C)C#N)cc2)C2CCOCC2)n1. The van der Waals surface area contributed by atoms with Gasteiger partial charge in [0.05, 0.1) is 6.04 Å². The van der Waals surface area contributed by atoms with Gasteiger partial charge in [-0.3, -0.25) is 0 Å². The second kappa shape index (κ2) is 8.79. The molecule has 0 radical (unpaired) electrons. The zero-order chi connectivity index (χ0) is 18.4. The third kappa shape index (κ3) is 4.81. The van der Waals surface area contributed by atoms with E-state index in [9.17, 15) is 0 Å². The fraction of sp³-hybridized carbons (Fsp3) is 0.526. The Labute approximate surface area is 153 Å². The van der Waals surface area contributed by atoms with Crippen LogP contribution in [0.3, 0.4) is 0 Å². The standard InChI is InChI=1S/C19H24N4O3/c1-13(11-20)25-17-5-3-15(4-6-17)12-21-18(16-7-9-24-10-8-16)19-22-14(2)23-26-19/h3-6,13,16,18,21H,7-10,12H2,1-2H3. The number of hydrogen-bond acceptors (Lipinski definition) is 7. The largest absolute Gasteiger partial charge is 0.476 e. The molecule has 0 bridgehead atoms. The molecule has 1 fully saturated rings. The van der Waals surface area contributed by atoms with Gasteiger partial charge in [0.1, 0.15) is 11.8 Å². The summed E-state index contributed by atoms with van der Waals surface area (Å²) >= 11 is 0. The van der Waals surface area contributed by atoms with Gasteiger partial charge in [0.25, 0.3) is 0 Å². The number of hydrogen-bond donors (Lipinski definition) is 1. The zero-order valence-corrected chi connectivity index (χ0v) is 15.1. The summed E-state index contributed by atoms with van der Waals surface area (Å²) in [4.78, 5) is 4.42. The smallest absolute Gasteiger partial charge is 0.244 e. The molecule has 1 aliphatic rings. The first-order chi connectivity index (χ1) is 12.7. The monoisotopic (exact) mass is 356 g/mol. The maximum absolute atomic E-state index is 8.82. The van der Waals surface area contributed by atoms with Crippen molar-refractivity contribution in [2.24, 2.45) is 5.92 Å². The normalized spacial score (nSPS) is 17.4. The van der Waals surface area contributed by atoms with Crippen LogP contribution in [0.25, 0.3) is 0 Å². The van der Waals surface area contributed by atoms with E-state index in [0.29, 0.717) is 29.9 Å². The molecule has 2 atom stereocenters. The zero-order valence-electron chi connectivity index (χ0n) is 15.1. The number of benzene rings is 1. The Morgan fingerprint density at radius 2 is 2.04 bits per heavy atom. The van der Waals surface area contributed by atoms with Crippen molar-refractivity contribution >= 4 is 0 Å². The summed E-state index contributed by atoms with van der Waals surface area (Å²) < 4.78 is 16.4. The lowest BCUT2D eigenvalue weighted by atomic mass is 9.91. The Kier molecular flexibility index (Phi) is 6.21. The van der Waals surface area contributed by atoms with E-state index in [1.165, 1.54) is 0 Å². The van der Waals surface area contributed by atoms with Crippen LogP contribution in [0.1, 0.15) is 43.1 Å². The van der Waals surface area contributed by atoms with Crippen molar-refractivity contribution in [1.29, 1.82) is 5.26 Å². The van der Waals surface area contributed by atoms with Crippen LogP contribution >= 0.6 is 0 Å². The molecule has 7 nitrogen and oxygen atoms in total. The minimum absolute atomic E-state index is 0.00892. The van der Waals surface area contributed by atoms with E-state index in [-0.39, 0.29) is 6.04 Å². The molecule has 2 heterocycles. The third-order valence-corrected chi connectivity index (χ3v) is 4.49. The molecule has 0 aliphatic carbocycles. The summed E-state index contributed by atoms with van der Waals surface area (Å²) in [6.07, 6.45) is 1.48. The van der Waals surface area contributed by atoms with E-state index in [4.69, 9.17) is 19.3 Å². The highest BCUT2D eigenvalue weighted by molar-refractivity contribution is 5.27. The minimum Gasteiger partial charge on any atom is -0.476 e. The lowest BCUT2D eigenvalue weighted by molar-refractivity contribution is 0.0485. The van der Waals surface area contributed by atoms with Gasteiger partial charge >= 0.3 is 0 Å². The van der Waals surface area contributed by atoms with Crippen LogP contribution in [0.2, 0.25) is 0 Å². The second-order valence-corrected chi connectivity index (χ2v) is 6.52. The quantitative estimate of drug-likeness (QED) is 0.815. The van der Waals surface area contributed by atoms with E-state index in [0.717, 1.165) is 31.6 Å². The van der Waals surface area contributed by atoms with Crippen molar-refractivity contribution in [3.05, 3.63) is 41.5 Å².